The van der Waals surface area contributed by atoms with Gasteiger partial charge in [0.05, 0.1) is 24.7 Å². The van der Waals surface area contributed by atoms with Crippen LogP contribution in [0.4, 0.5) is 5.69 Å². The summed E-state index contributed by atoms with van der Waals surface area (Å²) in [6.45, 7) is 1.61. The molecule has 108 valence electrons. The highest BCUT2D eigenvalue weighted by molar-refractivity contribution is 5.99. The highest BCUT2D eigenvalue weighted by Gasteiger charge is 2.31. The van der Waals surface area contributed by atoms with E-state index >= 15 is 0 Å². The van der Waals surface area contributed by atoms with Crippen molar-refractivity contribution in [3.63, 3.8) is 0 Å². The SMILES string of the molecule is COc1cccc(NC(=O)C2CC(=O)NC(C)=C2C#N)c1. The van der Waals surface area contributed by atoms with Gasteiger partial charge in [0.1, 0.15) is 5.75 Å². The molecule has 1 heterocycles. The topological polar surface area (TPSA) is 91.2 Å². The van der Waals surface area contributed by atoms with Crippen LogP contribution in [0, 0.1) is 17.2 Å². The number of nitrogens with one attached hydrogen (secondary N) is 2. The maximum Gasteiger partial charge on any atom is 0.233 e. The molecular formula is C15H15N3O3. The van der Waals surface area contributed by atoms with E-state index in [2.05, 4.69) is 10.6 Å². The molecule has 6 nitrogen and oxygen atoms in total. The van der Waals surface area contributed by atoms with Crippen molar-refractivity contribution in [2.45, 2.75) is 13.3 Å². The van der Waals surface area contributed by atoms with Gasteiger partial charge in [-0.25, -0.2) is 0 Å². The lowest BCUT2D eigenvalue weighted by Gasteiger charge is -2.22. The van der Waals surface area contributed by atoms with E-state index in [1.165, 1.54) is 7.11 Å². The van der Waals surface area contributed by atoms with E-state index in [1.54, 1.807) is 31.2 Å². The standard InChI is InChI=1S/C15H15N3O3/c1-9-13(8-16)12(7-14(19)17-9)15(20)18-10-4-3-5-11(6-10)21-2/h3-6,12H,7H2,1-2H3,(H,17,19)(H,18,20). The van der Waals surface area contributed by atoms with Gasteiger partial charge in [0.25, 0.3) is 0 Å². The zero-order valence-electron chi connectivity index (χ0n) is 11.8. The Bertz CT molecular complexity index is 658. The summed E-state index contributed by atoms with van der Waals surface area (Å²) >= 11 is 0. The number of hydrogen-bond donors (Lipinski definition) is 2. The second kappa shape index (κ2) is 6.09. The number of carbonyl (C=O) groups is 2. The predicted molar refractivity (Wildman–Crippen MR) is 76.2 cm³/mol. The first kappa shape index (κ1) is 14.6. The molecule has 21 heavy (non-hydrogen) atoms. The van der Waals surface area contributed by atoms with Gasteiger partial charge in [0, 0.05) is 23.9 Å². The van der Waals surface area contributed by atoms with Gasteiger partial charge in [0.15, 0.2) is 0 Å². The normalized spacial score (nSPS) is 17.8. The Balaban J connectivity index is 2.21. The molecule has 0 aliphatic carbocycles. The molecule has 0 saturated heterocycles. The molecule has 0 saturated carbocycles. The number of allylic oxidation sites excluding steroid dienone is 1. The van der Waals surface area contributed by atoms with E-state index in [9.17, 15) is 9.59 Å². The highest BCUT2D eigenvalue weighted by atomic mass is 16.5. The zero-order valence-corrected chi connectivity index (χ0v) is 11.8. The molecule has 0 aromatic heterocycles. The minimum Gasteiger partial charge on any atom is -0.497 e. The van der Waals surface area contributed by atoms with E-state index < -0.39 is 5.92 Å². The first-order chi connectivity index (χ1) is 10.0. The van der Waals surface area contributed by atoms with Gasteiger partial charge >= 0.3 is 0 Å². The molecule has 2 amide bonds. The van der Waals surface area contributed by atoms with Gasteiger partial charge in [-0.2, -0.15) is 5.26 Å². The van der Waals surface area contributed by atoms with Gasteiger partial charge < -0.3 is 15.4 Å². The average Bonchev–Trinajstić information content (AvgIpc) is 2.46. The fraction of sp³-hybridized carbons (Fsp3) is 0.267. The fourth-order valence-corrected chi connectivity index (χ4v) is 2.19. The number of methoxy groups -OCH3 is 1. The van der Waals surface area contributed by atoms with E-state index in [4.69, 9.17) is 10.00 Å². The molecule has 1 aliphatic rings. The lowest BCUT2D eigenvalue weighted by Crippen LogP contribution is -2.37. The molecular weight excluding hydrogens is 270 g/mol. The number of anilines is 1. The summed E-state index contributed by atoms with van der Waals surface area (Å²) in [7, 11) is 1.53. The van der Waals surface area contributed by atoms with Crippen molar-refractivity contribution in [3.8, 4) is 11.8 Å². The average molecular weight is 285 g/mol. The molecule has 1 unspecified atom stereocenters. The Hall–Kier alpha value is -2.81. The summed E-state index contributed by atoms with van der Waals surface area (Å²) in [5.41, 5.74) is 1.27. The maximum atomic E-state index is 12.3. The Morgan fingerprint density at radius 1 is 1.52 bits per heavy atom. The number of nitriles is 1. The molecule has 0 spiro atoms. The van der Waals surface area contributed by atoms with Crippen molar-refractivity contribution in [2.24, 2.45) is 5.92 Å². The van der Waals surface area contributed by atoms with Crippen LogP contribution in [0.15, 0.2) is 35.5 Å². The number of benzene rings is 1. The van der Waals surface area contributed by atoms with Gasteiger partial charge in [0.2, 0.25) is 11.8 Å². The van der Waals surface area contributed by atoms with Crippen molar-refractivity contribution in [2.75, 3.05) is 12.4 Å². The van der Waals surface area contributed by atoms with Crippen molar-refractivity contribution < 1.29 is 14.3 Å². The molecule has 1 aromatic rings. The molecule has 0 fully saturated rings. The number of rotatable bonds is 3. The number of hydrogen-bond acceptors (Lipinski definition) is 4. The molecule has 0 bridgehead atoms. The van der Waals surface area contributed by atoms with Gasteiger partial charge in [-0.05, 0) is 19.1 Å². The minimum atomic E-state index is -0.769. The third-order valence-electron chi connectivity index (χ3n) is 3.24. The largest absolute Gasteiger partial charge is 0.497 e. The fourth-order valence-electron chi connectivity index (χ4n) is 2.19. The molecule has 2 N–H and O–H groups in total. The van der Waals surface area contributed by atoms with Crippen LogP contribution in [0.1, 0.15) is 13.3 Å². The van der Waals surface area contributed by atoms with Crippen LogP contribution in [-0.2, 0) is 9.59 Å². The van der Waals surface area contributed by atoms with Gasteiger partial charge in [-0.1, -0.05) is 6.07 Å². The van der Waals surface area contributed by atoms with E-state index in [1.807, 2.05) is 6.07 Å². The number of nitrogens with zero attached hydrogens (tertiary/aromatic N) is 1. The molecule has 0 radical (unpaired) electrons. The van der Waals surface area contributed by atoms with Crippen molar-refractivity contribution >= 4 is 17.5 Å². The van der Waals surface area contributed by atoms with Crippen LogP contribution in [0.5, 0.6) is 5.75 Å². The van der Waals surface area contributed by atoms with E-state index in [0.717, 1.165) is 0 Å². The second-order valence-electron chi connectivity index (χ2n) is 4.68. The van der Waals surface area contributed by atoms with E-state index in [-0.39, 0.29) is 23.8 Å². The Morgan fingerprint density at radius 3 is 2.95 bits per heavy atom. The lowest BCUT2D eigenvalue weighted by atomic mass is 9.90. The summed E-state index contributed by atoms with van der Waals surface area (Å²) in [6, 6.07) is 8.88. The van der Waals surface area contributed by atoms with Crippen LogP contribution in [0.3, 0.4) is 0 Å². The maximum absolute atomic E-state index is 12.3. The monoisotopic (exact) mass is 285 g/mol. The van der Waals surface area contributed by atoms with Crippen LogP contribution < -0.4 is 15.4 Å². The summed E-state index contributed by atoms with van der Waals surface area (Å²) in [5, 5.41) is 14.4. The molecule has 1 atom stereocenters. The van der Waals surface area contributed by atoms with Gasteiger partial charge in [-0.15, -0.1) is 0 Å². The smallest absolute Gasteiger partial charge is 0.233 e. The van der Waals surface area contributed by atoms with Crippen molar-refractivity contribution in [3.05, 3.63) is 35.5 Å². The Kier molecular flexibility index (Phi) is 4.24. The zero-order chi connectivity index (χ0) is 15.4. The third kappa shape index (κ3) is 3.20. The van der Waals surface area contributed by atoms with Crippen LogP contribution in [0.2, 0.25) is 0 Å². The third-order valence-corrected chi connectivity index (χ3v) is 3.24. The first-order valence-electron chi connectivity index (χ1n) is 6.40. The van der Waals surface area contributed by atoms with Crippen LogP contribution in [-0.4, -0.2) is 18.9 Å². The van der Waals surface area contributed by atoms with Gasteiger partial charge in [-0.3, -0.25) is 9.59 Å². The quantitative estimate of drug-likeness (QED) is 0.881. The Morgan fingerprint density at radius 2 is 2.29 bits per heavy atom. The molecule has 6 heteroatoms. The van der Waals surface area contributed by atoms with Crippen molar-refractivity contribution in [1.29, 1.82) is 5.26 Å². The lowest BCUT2D eigenvalue weighted by molar-refractivity contribution is -0.126. The predicted octanol–water partition coefficient (Wildman–Crippen LogP) is 1.57. The van der Waals surface area contributed by atoms with Crippen LogP contribution in [0.25, 0.3) is 0 Å². The summed E-state index contributed by atoms with van der Waals surface area (Å²) in [4.78, 5) is 23.9. The number of ether oxygens (including phenoxy) is 1. The minimum absolute atomic E-state index is 0.0317. The number of amides is 2. The second-order valence-corrected chi connectivity index (χ2v) is 4.68. The molecule has 2 rings (SSSR count). The van der Waals surface area contributed by atoms with E-state index in [0.29, 0.717) is 17.1 Å². The van der Waals surface area contributed by atoms with Crippen LogP contribution >= 0.6 is 0 Å². The first-order valence-corrected chi connectivity index (χ1v) is 6.40. The number of carbonyl (C=O) groups excluding carboxylic acids is 2. The summed E-state index contributed by atoms with van der Waals surface area (Å²) in [5.74, 6) is -0.803. The molecule has 1 aliphatic heterocycles. The summed E-state index contributed by atoms with van der Waals surface area (Å²) in [6.07, 6.45) is -0.0317. The molecule has 1 aromatic carbocycles. The highest BCUT2D eigenvalue weighted by Crippen LogP contribution is 2.25. The van der Waals surface area contributed by atoms with Crippen molar-refractivity contribution in [1.82, 2.24) is 5.32 Å². The summed E-state index contributed by atoms with van der Waals surface area (Å²) < 4.78 is 5.08. The Labute approximate surface area is 122 Å².